The normalized spacial score (nSPS) is 10.1. The lowest BCUT2D eigenvalue weighted by molar-refractivity contribution is 0.0953. The van der Waals surface area contributed by atoms with E-state index < -0.39 is 12.1 Å². The molecule has 0 saturated heterocycles. The van der Waals surface area contributed by atoms with Gasteiger partial charge in [0.25, 0.3) is 11.8 Å². The number of amides is 1. The maximum Gasteiger partial charge on any atom is 0.512 e. The minimum atomic E-state index is -1.53. The van der Waals surface area contributed by atoms with Gasteiger partial charge in [-0.25, -0.2) is 14.2 Å². The van der Waals surface area contributed by atoms with Crippen molar-refractivity contribution in [3.8, 4) is 11.6 Å². The SMILES string of the molecule is COc1cc(C(=O)NCCc2ccc(F)cc2)cnc1OC(=O)O. The number of pyridine rings is 1. The number of carbonyl (C=O) groups is 2. The molecule has 2 aromatic rings. The number of hydrogen-bond acceptors (Lipinski definition) is 5. The minimum Gasteiger partial charge on any atom is -0.491 e. The molecule has 0 unspecified atom stereocenters. The summed E-state index contributed by atoms with van der Waals surface area (Å²) in [6.07, 6.45) is 0.197. The maximum absolute atomic E-state index is 12.8. The second kappa shape index (κ2) is 7.91. The van der Waals surface area contributed by atoms with Crippen LogP contribution in [-0.2, 0) is 6.42 Å². The minimum absolute atomic E-state index is 0.0311. The van der Waals surface area contributed by atoms with Gasteiger partial charge >= 0.3 is 6.16 Å². The second-order valence-corrected chi connectivity index (χ2v) is 4.73. The lowest BCUT2D eigenvalue weighted by Gasteiger charge is -2.09. The molecule has 0 saturated carbocycles. The monoisotopic (exact) mass is 334 g/mol. The zero-order valence-corrected chi connectivity index (χ0v) is 12.8. The Morgan fingerprint density at radius 2 is 2.00 bits per heavy atom. The van der Waals surface area contributed by atoms with Gasteiger partial charge in [0.15, 0.2) is 5.75 Å². The molecule has 0 aliphatic rings. The summed E-state index contributed by atoms with van der Waals surface area (Å²) in [5.74, 6) is -0.925. The van der Waals surface area contributed by atoms with Gasteiger partial charge in [-0.1, -0.05) is 12.1 Å². The Hall–Kier alpha value is -3.16. The molecule has 0 spiro atoms. The van der Waals surface area contributed by atoms with E-state index in [1.807, 2.05) is 0 Å². The Morgan fingerprint density at radius 1 is 1.29 bits per heavy atom. The van der Waals surface area contributed by atoms with Crippen LogP contribution in [0.5, 0.6) is 11.6 Å². The number of benzene rings is 1. The highest BCUT2D eigenvalue weighted by molar-refractivity contribution is 5.94. The number of rotatable bonds is 6. The number of aromatic nitrogens is 1. The van der Waals surface area contributed by atoms with Gasteiger partial charge in [-0.15, -0.1) is 0 Å². The first-order valence-electron chi connectivity index (χ1n) is 6.97. The van der Waals surface area contributed by atoms with Crippen LogP contribution in [-0.4, -0.2) is 35.8 Å². The van der Waals surface area contributed by atoms with Crippen LogP contribution in [0.15, 0.2) is 36.5 Å². The van der Waals surface area contributed by atoms with Crippen molar-refractivity contribution in [1.82, 2.24) is 10.3 Å². The Labute approximate surface area is 137 Å². The molecule has 1 heterocycles. The van der Waals surface area contributed by atoms with Crippen LogP contribution in [0, 0.1) is 5.82 Å². The smallest absolute Gasteiger partial charge is 0.491 e. The van der Waals surface area contributed by atoms with Gasteiger partial charge in [0, 0.05) is 18.8 Å². The topological polar surface area (TPSA) is 97.8 Å². The van der Waals surface area contributed by atoms with Gasteiger partial charge in [0.2, 0.25) is 0 Å². The van der Waals surface area contributed by atoms with Crippen LogP contribution in [0.2, 0.25) is 0 Å². The summed E-state index contributed by atoms with van der Waals surface area (Å²) in [5.41, 5.74) is 1.08. The second-order valence-electron chi connectivity index (χ2n) is 4.73. The van der Waals surface area contributed by atoms with Gasteiger partial charge in [0.05, 0.1) is 12.7 Å². The maximum atomic E-state index is 12.8. The van der Waals surface area contributed by atoms with E-state index in [2.05, 4.69) is 15.0 Å². The predicted octanol–water partition coefficient (Wildman–Crippen LogP) is 2.26. The van der Waals surface area contributed by atoms with Crippen LogP contribution >= 0.6 is 0 Å². The van der Waals surface area contributed by atoms with Crippen LogP contribution in [0.4, 0.5) is 9.18 Å². The molecular weight excluding hydrogens is 319 g/mol. The lowest BCUT2D eigenvalue weighted by atomic mass is 10.1. The summed E-state index contributed by atoms with van der Waals surface area (Å²) in [4.78, 5) is 26.4. The molecule has 0 aliphatic carbocycles. The molecule has 1 aromatic carbocycles. The van der Waals surface area contributed by atoms with Gasteiger partial charge in [-0.3, -0.25) is 4.79 Å². The molecule has 0 bridgehead atoms. The van der Waals surface area contributed by atoms with E-state index in [9.17, 15) is 14.0 Å². The van der Waals surface area contributed by atoms with Gasteiger partial charge in [-0.05, 0) is 24.1 Å². The average Bonchev–Trinajstić information content (AvgIpc) is 2.56. The fourth-order valence-electron chi connectivity index (χ4n) is 1.94. The zero-order valence-electron chi connectivity index (χ0n) is 12.8. The number of methoxy groups -OCH3 is 1. The molecule has 0 aliphatic heterocycles. The van der Waals surface area contributed by atoms with Crippen LogP contribution in [0.1, 0.15) is 15.9 Å². The molecule has 2 N–H and O–H groups in total. The van der Waals surface area contributed by atoms with Crippen molar-refractivity contribution in [3.05, 3.63) is 53.5 Å². The third-order valence-corrected chi connectivity index (χ3v) is 3.10. The Balaban J connectivity index is 1.96. The molecule has 0 radical (unpaired) electrons. The fraction of sp³-hybridized carbons (Fsp3) is 0.188. The zero-order chi connectivity index (χ0) is 17.5. The molecule has 1 amide bonds. The number of ether oxygens (including phenoxy) is 2. The molecule has 126 valence electrons. The number of carboxylic acid groups (broad SMARTS) is 1. The van der Waals surface area contributed by atoms with Crippen molar-refractivity contribution in [2.75, 3.05) is 13.7 Å². The predicted molar refractivity (Wildman–Crippen MR) is 81.9 cm³/mol. The van der Waals surface area contributed by atoms with Crippen molar-refractivity contribution in [1.29, 1.82) is 0 Å². The van der Waals surface area contributed by atoms with E-state index in [4.69, 9.17) is 9.84 Å². The summed E-state index contributed by atoms with van der Waals surface area (Å²) in [6.45, 7) is 0.347. The first-order chi connectivity index (χ1) is 11.5. The molecule has 8 heteroatoms. The average molecular weight is 334 g/mol. The lowest BCUT2D eigenvalue weighted by Crippen LogP contribution is -2.26. The number of halogens is 1. The molecule has 2 rings (SSSR count). The van der Waals surface area contributed by atoms with E-state index in [0.717, 1.165) is 5.56 Å². The van der Waals surface area contributed by atoms with Gasteiger partial charge in [0.1, 0.15) is 5.82 Å². The number of carbonyl (C=O) groups excluding carboxylic acids is 1. The Morgan fingerprint density at radius 3 is 2.62 bits per heavy atom. The summed E-state index contributed by atoms with van der Waals surface area (Å²) in [5, 5.41) is 11.3. The highest BCUT2D eigenvalue weighted by atomic mass is 19.1. The van der Waals surface area contributed by atoms with Crippen molar-refractivity contribution < 1.29 is 28.6 Å². The molecular formula is C16H15FN2O5. The fourth-order valence-corrected chi connectivity index (χ4v) is 1.94. The largest absolute Gasteiger partial charge is 0.512 e. The summed E-state index contributed by atoms with van der Waals surface area (Å²) in [7, 11) is 1.31. The van der Waals surface area contributed by atoms with Crippen LogP contribution in [0.25, 0.3) is 0 Å². The van der Waals surface area contributed by atoms with E-state index in [1.165, 1.54) is 31.5 Å². The van der Waals surface area contributed by atoms with E-state index in [1.54, 1.807) is 12.1 Å². The standard InChI is InChI=1S/C16H15FN2O5/c1-23-13-8-11(9-19-15(13)24-16(21)22)14(20)18-7-6-10-2-4-12(17)5-3-10/h2-5,8-9H,6-7H2,1H3,(H,18,20)(H,21,22). The third kappa shape index (κ3) is 4.67. The summed E-state index contributed by atoms with van der Waals surface area (Å²) >= 11 is 0. The van der Waals surface area contributed by atoms with Crippen molar-refractivity contribution in [2.45, 2.75) is 6.42 Å². The van der Waals surface area contributed by atoms with Gasteiger partial charge < -0.3 is 19.9 Å². The molecule has 1 aromatic heterocycles. The molecule has 24 heavy (non-hydrogen) atoms. The molecule has 0 fully saturated rings. The first-order valence-corrected chi connectivity index (χ1v) is 6.97. The van der Waals surface area contributed by atoms with E-state index in [0.29, 0.717) is 13.0 Å². The van der Waals surface area contributed by atoms with E-state index in [-0.39, 0.29) is 23.0 Å². The van der Waals surface area contributed by atoms with Crippen LogP contribution in [0.3, 0.4) is 0 Å². The highest BCUT2D eigenvalue weighted by Gasteiger charge is 2.14. The van der Waals surface area contributed by atoms with E-state index >= 15 is 0 Å². The van der Waals surface area contributed by atoms with Crippen molar-refractivity contribution >= 4 is 12.1 Å². The van der Waals surface area contributed by atoms with Crippen LogP contribution < -0.4 is 14.8 Å². The van der Waals surface area contributed by atoms with Gasteiger partial charge in [-0.2, -0.15) is 0 Å². The number of nitrogens with one attached hydrogen (secondary N) is 1. The number of hydrogen-bond donors (Lipinski definition) is 2. The first kappa shape index (κ1) is 17.2. The van der Waals surface area contributed by atoms with Crippen molar-refractivity contribution in [2.24, 2.45) is 0 Å². The highest BCUT2D eigenvalue weighted by Crippen LogP contribution is 2.25. The number of nitrogens with zero attached hydrogens (tertiary/aromatic N) is 1. The Bertz CT molecular complexity index is 734. The summed E-state index contributed by atoms with van der Waals surface area (Å²) in [6, 6.07) is 7.33. The molecule has 0 atom stereocenters. The quantitative estimate of drug-likeness (QED) is 0.787. The third-order valence-electron chi connectivity index (χ3n) is 3.10. The van der Waals surface area contributed by atoms with Crippen molar-refractivity contribution in [3.63, 3.8) is 0 Å². The Kier molecular flexibility index (Phi) is 5.67. The summed E-state index contributed by atoms with van der Waals surface area (Å²) < 4.78 is 22.2. The molecule has 7 nitrogen and oxygen atoms in total.